The van der Waals surface area contributed by atoms with Crippen LogP contribution in [0.25, 0.3) is 0 Å². The number of rotatable bonds is 1. The van der Waals surface area contributed by atoms with Gasteiger partial charge in [0.25, 0.3) is 0 Å². The Hall–Kier alpha value is -0.370. The normalized spacial score (nSPS) is 17.4. The van der Waals surface area contributed by atoms with Crippen molar-refractivity contribution >= 4 is 11.9 Å². The minimum Gasteiger partial charge on any atom is -0.330 e. The van der Waals surface area contributed by atoms with Gasteiger partial charge in [0.1, 0.15) is 0 Å². The van der Waals surface area contributed by atoms with E-state index in [0.717, 1.165) is 6.42 Å². The molecule has 0 bridgehead atoms. The zero-order chi connectivity index (χ0) is 5.82. The van der Waals surface area contributed by atoms with E-state index in [9.17, 15) is 0 Å². The molecule has 0 aromatic rings. The van der Waals surface area contributed by atoms with Gasteiger partial charge in [-0.05, 0) is 29.9 Å². The summed E-state index contributed by atoms with van der Waals surface area (Å²) in [6.07, 6.45) is 5.24. The van der Waals surface area contributed by atoms with E-state index in [-0.39, 0.29) is 0 Å². The summed E-state index contributed by atoms with van der Waals surface area (Å²) in [5.41, 5.74) is 1.30. The van der Waals surface area contributed by atoms with Crippen LogP contribution in [0.4, 0.5) is 0 Å². The summed E-state index contributed by atoms with van der Waals surface area (Å²) in [6, 6.07) is 0. The van der Waals surface area contributed by atoms with E-state index in [0.29, 0.717) is 0 Å². The number of allylic oxidation sites excluding steroid dienone is 3. The van der Waals surface area contributed by atoms with Gasteiger partial charge < -0.3 is 4.72 Å². The molecule has 44 valence electrons. The molecular weight excluding hydrogens is 118 g/mol. The van der Waals surface area contributed by atoms with Crippen LogP contribution in [0.5, 0.6) is 0 Å². The first-order valence-electron chi connectivity index (χ1n) is 2.71. The van der Waals surface area contributed by atoms with Gasteiger partial charge in [0.15, 0.2) is 0 Å². The Morgan fingerprint density at radius 3 is 3.00 bits per heavy atom. The number of hydrogen-bond acceptors (Lipinski definition) is 2. The second-order valence-electron chi connectivity index (χ2n) is 1.59. The van der Waals surface area contributed by atoms with Crippen molar-refractivity contribution in [3.05, 3.63) is 23.3 Å². The van der Waals surface area contributed by atoms with Crippen LogP contribution in [0.2, 0.25) is 0 Å². The van der Waals surface area contributed by atoms with Crippen LogP contribution >= 0.6 is 11.9 Å². The second-order valence-corrected chi connectivity index (χ2v) is 2.31. The lowest BCUT2D eigenvalue weighted by Gasteiger charge is -2.06. The molecule has 1 N–H and O–H groups in total. The highest BCUT2D eigenvalue weighted by Crippen LogP contribution is 2.09. The minimum atomic E-state index is 1.09. The zero-order valence-electron chi connectivity index (χ0n) is 4.85. The van der Waals surface area contributed by atoms with Crippen LogP contribution in [0, 0.1) is 0 Å². The Balaban J connectivity index is 2.50. The van der Waals surface area contributed by atoms with Crippen LogP contribution in [0.1, 0.15) is 13.3 Å². The third-order valence-corrected chi connectivity index (χ3v) is 1.69. The summed E-state index contributed by atoms with van der Waals surface area (Å²) in [6.45, 7) is 2.14. The van der Waals surface area contributed by atoms with Crippen molar-refractivity contribution in [2.75, 3.05) is 0 Å². The predicted octanol–water partition coefficient (Wildman–Crippen LogP) is 2.05. The van der Waals surface area contributed by atoms with Gasteiger partial charge in [-0.1, -0.05) is 13.0 Å². The highest BCUT2D eigenvalue weighted by atomic mass is 32.2. The smallest absolute Gasteiger partial charge is 0.0211 e. The van der Waals surface area contributed by atoms with Crippen LogP contribution in [0.3, 0.4) is 0 Å². The molecule has 0 unspecified atom stereocenters. The lowest BCUT2D eigenvalue weighted by molar-refractivity contribution is 1.02. The highest BCUT2D eigenvalue weighted by Gasteiger charge is 1.91. The fourth-order valence-electron chi connectivity index (χ4n) is 0.528. The Morgan fingerprint density at radius 2 is 2.62 bits per heavy atom. The van der Waals surface area contributed by atoms with E-state index in [1.807, 2.05) is 5.41 Å². The van der Waals surface area contributed by atoms with Crippen molar-refractivity contribution in [3.63, 3.8) is 0 Å². The fraction of sp³-hybridized carbons (Fsp3) is 0.333. The first kappa shape index (κ1) is 5.76. The lowest BCUT2D eigenvalue weighted by atomic mass is 10.3. The predicted molar refractivity (Wildman–Crippen MR) is 38.2 cm³/mol. The fourth-order valence-corrected chi connectivity index (χ4v) is 1.12. The summed E-state index contributed by atoms with van der Waals surface area (Å²) in [7, 11) is 0. The van der Waals surface area contributed by atoms with E-state index in [1.165, 1.54) is 5.70 Å². The van der Waals surface area contributed by atoms with Crippen LogP contribution in [0.15, 0.2) is 23.3 Å². The zero-order valence-corrected chi connectivity index (χ0v) is 5.66. The molecule has 0 amide bonds. The van der Waals surface area contributed by atoms with Crippen molar-refractivity contribution in [2.45, 2.75) is 13.3 Å². The molecule has 0 aliphatic carbocycles. The molecular formula is C6H9NS. The molecule has 1 rings (SSSR count). The Morgan fingerprint density at radius 1 is 1.75 bits per heavy atom. The second kappa shape index (κ2) is 2.82. The van der Waals surface area contributed by atoms with Crippen molar-refractivity contribution in [1.82, 2.24) is 4.72 Å². The maximum absolute atomic E-state index is 3.16. The van der Waals surface area contributed by atoms with Crippen molar-refractivity contribution in [3.8, 4) is 0 Å². The third-order valence-electron chi connectivity index (χ3n) is 1.01. The molecule has 1 aliphatic rings. The molecule has 1 heterocycles. The van der Waals surface area contributed by atoms with Crippen molar-refractivity contribution < 1.29 is 0 Å². The Kier molecular flexibility index (Phi) is 2.03. The summed E-state index contributed by atoms with van der Waals surface area (Å²) >= 11 is 1.63. The van der Waals surface area contributed by atoms with Gasteiger partial charge in [0.2, 0.25) is 0 Å². The van der Waals surface area contributed by atoms with Gasteiger partial charge in [-0.2, -0.15) is 0 Å². The Labute approximate surface area is 54.0 Å². The molecule has 0 saturated heterocycles. The molecule has 2 heteroatoms. The topological polar surface area (TPSA) is 12.0 Å². The Bertz CT molecular complexity index is 126. The molecule has 1 aliphatic heterocycles. The van der Waals surface area contributed by atoms with E-state index in [1.54, 1.807) is 11.9 Å². The number of hydrogen-bond donors (Lipinski definition) is 1. The molecule has 0 saturated carbocycles. The quantitative estimate of drug-likeness (QED) is 0.541. The SMILES string of the molecule is CCC1=CC=CSN1. The van der Waals surface area contributed by atoms with E-state index in [4.69, 9.17) is 0 Å². The average molecular weight is 127 g/mol. The monoisotopic (exact) mass is 127 g/mol. The molecule has 8 heavy (non-hydrogen) atoms. The summed E-state index contributed by atoms with van der Waals surface area (Å²) in [5.74, 6) is 0. The molecule has 0 atom stereocenters. The first-order valence-corrected chi connectivity index (χ1v) is 3.59. The summed E-state index contributed by atoms with van der Waals surface area (Å²) in [4.78, 5) is 0. The van der Waals surface area contributed by atoms with Crippen LogP contribution in [-0.2, 0) is 0 Å². The third kappa shape index (κ3) is 1.30. The standard InChI is InChI=1S/C6H9NS/c1-2-6-4-3-5-8-7-6/h3-5,7H,2H2,1H3. The van der Waals surface area contributed by atoms with Gasteiger partial charge in [0, 0.05) is 5.70 Å². The lowest BCUT2D eigenvalue weighted by Crippen LogP contribution is -2.01. The molecule has 0 radical (unpaired) electrons. The van der Waals surface area contributed by atoms with E-state index < -0.39 is 0 Å². The molecule has 0 aromatic heterocycles. The van der Waals surface area contributed by atoms with Gasteiger partial charge in [-0.25, -0.2) is 0 Å². The minimum absolute atomic E-state index is 1.09. The van der Waals surface area contributed by atoms with E-state index >= 15 is 0 Å². The van der Waals surface area contributed by atoms with Crippen molar-refractivity contribution in [1.29, 1.82) is 0 Å². The van der Waals surface area contributed by atoms with Crippen molar-refractivity contribution in [2.24, 2.45) is 0 Å². The van der Waals surface area contributed by atoms with Gasteiger partial charge >= 0.3 is 0 Å². The van der Waals surface area contributed by atoms with Gasteiger partial charge in [-0.15, -0.1) is 0 Å². The molecule has 1 nitrogen and oxygen atoms in total. The van der Waals surface area contributed by atoms with Crippen LogP contribution < -0.4 is 4.72 Å². The highest BCUT2D eigenvalue weighted by molar-refractivity contribution is 8.00. The summed E-state index contributed by atoms with van der Waals surface area (Å²) in [5, 5.41) is 2.03. The van der Waals surface area contributed by atoms with E-state index in [2.05, 4.69) is 23.8 Å². The molecule has 0 fully saturated rings. The summed E-state index contributed by atoms with van der Waals surface area (Å²) < 4.78 is 3.16. The number of nitrogens with one attached hydrogen (secondary N) is 1. The van der Waals surface area contributed by atoms with Gasteiger partial charge in [0.05, 0.1) is 0 Å². The maximum Gasteiger partial charge on any atom is 0.0211 e. The largest absolute Gasteiger partial charge is 0.330 e. The van der Waals surface area contributed by atoms with Gasteiger partial charge in [-0.3, -0.25) is 0 Å². The first-order chi connectivity index (χ1) is 3.93. The maximum atomic E-state index is 3.16. The van der Waals surface area contributed by atoms with Crippen LogP contribution in [-0.4, -0.2) is 0 Å². The molecule has 0 spiro atoms. The molecule has 0 aromatic carbocycles. The average Bonchev–Trinajstić information content (AvgIpc) is 1.90.